The standard InChI is InChI=1S/C25H34BrN3O5S/c1-6-23(25(31)27-15-18(2)3)28(16-19-7-13-22(34-4)14-8-19)24(30)17-29(35(5,32)33)21-11-9-20(26)10-12-21/h7-14,18,23H,6,15-17H2,1-5H3,(H,27,31)/t23-/m0/s1. The third-order valence-corrected chi connectivity index (χ3v) is 7.05. The van der Waals surface area contributed by atoms with Crippen molar-refractivity contribution in [1.29, 1.82) is 0 Å². The van der Waals surface area contributed by atoms with Crippen LogP contribution in [-0.2, 0) is 26.2 Å². The summed E-state index contributed by atoms with van der Waals surface area (Å²) in [5.41, 5.74) is 1.16. The minimum atomic E-state index is -3.76. The van der Waals surface area contributed by atoms with E-state index in [1.165, 1.54) is 4.90 Å². The molecule has 0 aliphatic heterocycles. The molecule has 8 nitrogen and oxygen atoms in total. The lowest BCUT2D eigenvalue weighted by atomic mass is 10.1. The second-order valence-corrected chi connectivity index (χ2v) is 11.5. The number of ether oxygens (including phenoxy) is 1. The van der Waals surface area contributed by atoms with Gasteiger partial charge in [-0.3, -0.25) is 13.9 Å². The summed E-state index contributed by atoms with van der Waals surface area (Å²) in [5.74, 6) is 0.186. The van der Waals surface area contributed by atoms with Crippen LogP contribution in [0.2, 0.25) is 0 Å². The summed E-state index contributed by atoms with van der Waals surface area (Å²) in [6.45, 7) is 6.01. The molecule has 0 heterocycles. The molecular weight excluding hydrogens is 534 g/mol. The van der Waals surface area contributed by atoms with Crippen LogP contribution < -0.4 is 14.4 Å². The molecule has 0 bridgehead atoms. The Bertz CT molecular complexity index is 1090. The highest BCUT2D eigenvalue weighted by molar-refractivity contribution is 9.10. The fraction of sp³-hybridized carbons (Fsp3) is 0.440. The van der Waals surface area contributed by atoms with Crippen molar-refractivity contribution in [3.05, 3.63) is 58.6 Å². The molecule has 2 aromatic rings. The number of hydrogen-bond acceptors (Lipinski definition) is 5. The van der Waals surface area contributed by atoms with Gasteiger partial charge >= 0.3 is 0 Å². The number of carbonyl (C=O) groups excluding carboxylic acids is 2. The number of benzene rings is 2. The molecule has 0 aromatic heterocycles. The highest BCUT2D eigenvalue weighted by Crippen LogP contribution is 2.22. The molecule has 0 saturated heterocycles. The summed E-state index contributed by atoms with van der Waals surface area (Å²) in [5, 5.41) is 2.90. The lowest BCUT2D eigenvalue weighted by Gasteiger charge is -2.33. The lowest BCUT2D eigenvalue weighted by molar-refractivity contribution is -0.140. The van der Waals surface area contributed by atoms with Crippen LogP contribution in [0.25, 0.3) is 0 Å². The summed E-state index contributed by atoms with van der Waals surface area (Å²) >= 11 is 3.34. The Morgan fingerprint density at radius 1 is 1.06 bits per heavy atom. The Labute approximate surface area is 216 Å². The fourth-order valence-electron chi connectivity index (χ4n) is 3.49. The molecule has 0 spiro atoms. The van der Waals surface area contributed by atoms with Gasteiger partial charge in [0.2, 0.25) is 21.8 Å². The molecule has 2 aromatic carbocycles. The quantitative estimate of drug-likeness (QED) is 0.420. The molecular formula is C25H34BrN3O5S. The Hall–Kier alpha value is -2.59. The molecule has 2 rings (SSSR count). The maximum Gasteiger partial charge on any atom is 0.244 e. The monoisotopic (exact) mass is 567 g/mol. The smallest absolute Gasteiger partial charge is 0.244 e. The van der Waals surface area contributed by atoms with E-state index in [0.717, 1.165) is 20.6 Å². The predicted molar refractivity (Wildman–Crippen MR) is 142 cm³/mol. The summed E-state index contributed by atoms with van der Waals surface area (Å²) < 4.78 is 32.3. The topological polar surface area (TPSA) is 96.0 Å². The SMILES string of the molecule is CC[C@@H](C(=O)NCC(C)C)N(Cc1ccc(OC)cc1)C(=O)CN(c1ccc(Br)cc1)S(C)(=O)=O. The van der Waals surface area contributed by atoms with Gasteiger partial charge in [-0.1, -0.05) is 48.8 Å². The van der Waals surface area contributed by atoms with Crippen molar-refractivity contribution in [3.8, 4) is 5.75 Å². The van der Waals surface area contributed by atoms with Gasteiger partial charge in [-0.2, -0.15) is 0 Å². The van der Waals surface area contributed by atoms with Gasteiger partial charge in [0.05, 0.1) is 19.1 Å². The molecule has 192 valence electrons. The molecule has 0 fully saturated rings. The van der Waals surface area contributed by atoms with Crippen molar-refractivity contribution in [2.45, 2.75) is 39.8 Å². The second-order valence-electron chi connectivity index (χ2n) is 8.68. The number of sulfonamides is 1. The fourth-order valence-corrected chi connectivity index (χ4v) is 4.60. The third kappa shape index (κ3) is 8.54. The Kier molecular flexibility index (Phi) is 10.6. The zero-order valence-electron chi connectivity index (χ0n) is 20.8. The number of halogens is 1. The Morgan fingerprint density at radius 2 is 1.66 bits per heavy atom. The first-order valence-corrected chi connectivity index (χ1v) is 14.0. The van der Waals surface area contributed by atoms with Crippen molar-refractivity contribution in [2.75, 3.05) is 30.8 Å². The zero-order chi connectivity index (χ0) is 26.2. The maximum atomic E-state index is 13.6. The van der Waals surface area contributed by atoms with E-state index in [4.69, 9.17) is 4.74 Å². The Morgan fingerprint density at radius 3 is 2.14 bits per heavy atom. The number of carbonyl (C=O) groups is 2. The second kappa shape index (κ2) is 12.9. The number of nitrogens with zero attached hydrogens (tertiary/aromatic N) is 2. The summed E-state index contributed by atoms with van der Waals surface area (Å²) in [6.07, 6.45) is 1.44. The number of nitrogens with one attached hydrogen (secondary N) is 1. The van der Waals surface area contributed by atoms with Crippen LogP contribution in [0.3, 0.4) is 0 Å². The van der Waals surface area contributed by atoms with E-state index in [-0.39, 0.29) is 18.4 Å². The van der Waals surface area contributed by atoms with E-state index in [0.29, 0.717) is 24.4 Å². The molecule has 0 radical (unpaired) electrons. The average Bonchev–Trinajstić information content (AvgIpc) is 2.81. The van der Waals surface area contributed by atoms with Crippen molar-refractivity contribution < 1.29 is 22.7 Å². The molecule has 0 unspecified atom stereocenters. The minimum Gasteiger partial charge on any atom is -0.497 e. The van der Waals surface area contributed by atoms with E-state index in [2.05, 4.69) is 21.2 Å². The van der Waals surface area contributed by atoms with Crippen LogP contribution in [0, 0.1) is 5.92 Å². The molecule has 1 atom stereocenters. The third-order valence-electron chi connectivity index (χ3n) is 5.38. The van der Waals surface area contributed by atoms with Crippen LogP contribution in [0.1, 0.15) is 32.8 Å². The van der Waals surface area contributed by atoms with Crippen LogP contribution >= 0.6 is 15.9 Å². The van der Waals surface area contributed by atoms with E-state index in [1.54, 1.807) is 43.5 Å². The lowest BCUT2D eigenvalue weighted by Crippen LogP contribution is -2.52. The van der Waals surface area contributed by atoms with E-state index < -0.39 is 28.5 Å². The normalized spacial score (nSPS) is 12.2. The van der Waals surface area contributed by atoms with Gasteiger partial charge in [-0.15, -0.1) is 0 Å². The average molecular weight is 569 g/mol. The first-order valence-electron chi connectivity index (χ1n) is 11.4. The number of hydrogen-bond donors (Lipinski definition) is 1. The number of amides is 2. The van der Waals surface area contributed by atoms with Crippen molar-refractivity contribution in [3.63, 3.8) is 0 Å². The summed E-state index contributed by atoms with van der Waals surface area (Å²) in [6, 6.07) is 13.1. The zero-order valence-corrected chi connectivity index (χ0v) is 23.2. The molecule has 1 N–H and O–H groups in total. The van der Waals surface area contributed by atoms with Gasteiger partial charge in [-0.05, 0) is 54.3 Å². The summed E-state index contributed by atoms with van der Waals surface area (Å²) in [4.78, 5) is 28.1. The van der Waals surface area contributed by atoms with Crippen LogP contribution in [0.5, 0.6) is 5.75 Å². The van der Waals surface area contributed by atoms with Crippen LogP contribution in [0.4, 0.5) is 5.69 Å². The van der Waals surface area contributed by atoms with Gasteiger partial charge in [0.1, 0.15) is 18.3 Å². The maximum absolute atomic E-state index is 13.6. The first-order chi connectivity index (χ1) is 16.5. The number of rotatable bonds is 12. The molecule has 0 saturated carbocycles. The van der Waals surface area contributed by atoms with E-state index in [1.807, 2.05) is 32.9 Å². The van der Waals surface area contributed by atoms with Crippen LogP contribution in [0.15, 0.2) is 53.0 Å². The highest BCUT2D eigenvalue weighted by Gasteiger charge is 2.31. The van der Waals surface area contributed by atoms with Crippen molar-refractivity contribution in [2.24, 2.45) is 5.92 Å². The largest absolute Gasteiger partial charge is 0.497 e. The minimum absolute atomic E-state index is 0.147. The molecule has 2 amide bonds. The molecule has 0 aliphatic rings. The van der Waals surface area contributed by atoms with Crippen molar-refractivity contribution in [1.82, 2.24) is 10.2 Å². The van der Waals surface area contributed by atoms with Gasteiger partial charge in [0.15, 0.2) is 0 Å². The predicted octanol–water partition coefficient (Wildman–Crippen LogP) is 3.80. The Balaban J connectivity index is 2.40. The van der Waals surface area contributed by atoms with Crippen LogP contribution in [-0.4, -0.2) is 57.6 Å². The van der Waals surface area contributed by atoms with E-state index in [9.17, 15) is 18.0 Å². The number of methoxy groups -OCH3 is 1. The van der Waals surface area contributed by atoms with E-state index >= 15 is 0 Å². The van der Waals surface area contributed by atoms with Gasteiger partial charge in [0, 0.05) is 17.6 Å². The van der Waals surface area contributed by atoms with Gasteiger partial charge in [-0.25, -0.2) is 8.42 Å². The molecule has 35 heavy (non-hydrogen) atoms. The first kappa shape index (κ1) is 28.6. The highest BCUT2D eigenvalue weighted by atomic mass is 79.9. The molecule has 10 heteroatoms. The number of anilines is 1. The molecule has 0 aliphatic carbocycles. The van der Waals surface area contributed by atoms with Gasteiger partial charge in [0.25, 0.3) is 0 Å². The van der Waals surface area contributed by atoms with Gasteiger partial charge < -0.3 is 15.0 Å². The van der Waals surface area contributed by atoms with Crippen molar-refractivity contribution >= 4 is 43.5 Å². The summed E-state index contributed by atoms with van der Waals surface area (Å²) in [7, 11) is -2.19.